The second-order valence-electron chi connectivity index (χ2n) is 3.80. The molecular weight excluding hydrogens is 258 g/mol. The molecule has 0 saturated carbocycles. The van der Waals surface area contributed by atoms with Gasteiger partial charge in [0.25, 0.3) is 5.69 Å². The molecule has 6 nitrogen and oxygen atoms in total. The van der Waals surface area contributed by atoms with Gasteiger partial charge in [-0.3, -0.25) is 10.1 Å². The highest BCUT2D eigenvalue weighted by atomic mass is 32.2. The number of aromatic carboxylic acids is 1. The van der Waals surface area contributed by atoms with E-state index in [1.807, 2.05) is 0 Å². The summed E-state index contributed by atoms with van der Waals surface area (Å²) in [4.78, 5) is 21.4. The average Bonchev–Trinajstić information content (AvgIpc) is 2.28. The van der Waals surface area contributed by atoms with Crippen LogP contribution in [0.4, 0.5) is 5.69 Å². The number of aliphatic hydroxyl groups is 1. The summed E-state index contributed by atoms with van der Waals surface area (Å²) in [5.74, 6) is -1.34. The van der Waals surface area contributed by atoms with Gasteiger partial charge in [-0.25, -0.2) is 4.79 Å². The summed E-state index contributed by atoms with van der Waals surface area (Å²) in [7, 11) is 0. The van der Waals surface area contributed by atoms with Gasteiger partial charge in [-0.1, -0.05) is 6.92 Å². The van der Waals surface area contributed by atoms with Gasteiger partial charge in [0.2, 0.25) is 0 Å². The lowest BCUT2D eigenvalue weighted by molar-refractivity contribution is -0.385. The fourth-order valence-corrected chi connectivity index (χ4v) is 2.19. The van der Waals surface area contributed by atoms with E-state index in [1.165, 1.54) is 30.0 Å². The Morgan fingerprint density at radius 2 is 2.06 bits per heavy atom. The number of hydrogen-bond donors (Lipinski definition) is 2. The minimum absolute atomic E-state index is 0.131. The van der Waals surface area contributed by atoms with Gasteiger partial charge in [0.05, 0.1) is 11.0 Å². The van der Waals surface area contributed by atoms with Crippen LogP contribution in [0.1, 0.15) is 24.2 Å². The molecule has 1 rings (SSSR count). The van der Waals surface area contributed by atoms with E-state index >= 15 is 0 Å². The van der Waals surface area contributed by atoms with Gasteiger partial charge in [0.15, 0.2) is 0 Å². The zero-order valence-electron chi connectivity index (χ0n) is 9.86. The lowest BCUT2D eigenvalue weighted by atomic mass is 10.2. The van der Waals surface area contributed by atoms with Crippen molar-refractivity contribution in [3.63, 3.8) is 0 Å². The second-order valence-corrected chi connectivity index (χ2v) is 5.26. The maximum absolute atomic E-state index is 10.9. The van der Waals surface area contributed by atoms with Crippen LogP contribution in [-0.2, 0) is 0 Å². The van der Waals surface area contributed by atoms with Gasteiger partial charge >= 0.3 is 5.97 Å². The molecule has 2 unspecified atom stereocenters. The number of nitrogens with zero attached hydrogens (tertiary/aromatic N) is 1. The molecule has 0 fully saturated rings. The van der Waals surface area contributed by atoms with Crippen LogP contribution in [0.2, 0.25) is 0 Å². The first-order valence-corrected chi connectivity index (χ1v) is 6.07. The molecule has 0 heterocycles. The summed E-state index contributed by atoms with van der Waals surface area (Å²) < 4.78 is 0. The van der Waals surface area contributed by atoms with E-state index in [9.17, 15) is 20.0 Å². The highest BCUT2D eigenvalue weighted by molar-refractivity contribution is 8.00. The van der Waals surface area contributed by atoms with Crippen molar-refractivity contribution in [2.45, 2.75) is 30.1 Å². The molecule has 2 atom stereocenters. The molecule has 7 heteroatoms. The minimum atomic E-state index is -1.34. The Morgan fingerprint density at radius 1 is 1.44 bits per heavy atom. The van der Waals surface area contributed by atoms with Gasteiger partial charge < -0.3 is 10.2 Å². The molecule has 0 aliphatic carbocycles. The molecule has 0 saturated heterocycles. The normalized spacial score (nSPS) is 13.9. The summed E-state index contributed by atoms with van der Waals surface area (Å²) in [6.07, 6.45) is -0.557. The van der Waals surface area contributed by atoms with E-state index in [4.69, 9.17) is 5.11 Å². The number of nitro benzene ring substituents is 1. The summed E-state index contributed by atoms with van der Waals surface area (Å²) >= 11 is 1.27. The van der Waals surface area contributed by atoms with E-state index in [0.29, 0.717) is 4.90 Å². The molecule has 0 radical (unpaired) electrons. The van der Waals surface area contributed by atoms with Crippen LogP contribution >= 0.6 is 11.8 Å². The van der Waals surface area contributed by atoms with Crippen LogP contribution in [0.3, 0.4) is 0 Å². The molecule has 0 bridgehead atoms. The third kappa shape index (κ3) is 3.44. The Bertz CT molecular complexity index is 475. The van der Waals surface area contributed by atoms with E-state index in [-0.39, 0.29) is 10.8 Å². The van der Waals surface area contributed by atoms with Crippen molar-refractivity contribution in [1.29, 1.82) is 0 Å². The molecule has 18 heavy (non-hydrogen) atoms. The van der Waals surface area contributed by atoms with E-state index < -0.39 is 22.7 Å². The molecule has 0 aliphatic heterocycles. The second kappa shape index (κ2) is 5.83. The van der Waals surface area contributed by atoms with Crippen molar-refractivity contribution in [3.8, 4) is 0 Å². The zero-order valence-corrected chi connectivity index (χ0v) is 10.7. The summed E-state index contributed by atoms with van der Waals surface area (Å²) in [5.41, 5.74) is -0.778. The predicted octanol–water partition coefficient (Wildman–Crippen LogP) is 2.15. The Balaban J connectivity index is 3.08. The molecule has 1 aromatic carbocycles. The monoisotopic (exact) mass is 271 g/mol. The van der Waals surface area contributed by atoms with Crippen LogP contribution in [-0.4, -0.2) is 32.5 Å². The van der Waals surface area contributed by atoms with Gasteiger partial charge in [-0.15, -0.1) is 11.8 Å². The third-order valence-electron chi connectivity index (χ3n) is 2.40. The number of thioether (sulfide) groups is 1. The van der Waals surface area contributed by atoms with Gasteiger partial charge in [-0.2, -0.15) is 0 Å². The third-order valence-corrected chi connectivity index (χ3v) is 3.69. The largest absolute Gasteiger partial charge is 0.477 e. The Kier molecular flexibility index (Phi) is 4.69. The van der Waals surface area contributed by atoms with Gasteiger partial charge in [0.1, 0.15) is 5.56 Å². The van der Waals surface area contributed by atoms with E-state index in [2.05, 4.69) is 0 Å². The smallest absolute Gasteiger partial charge is 0.342 e. The van der Waals surface area contributed by atoms with Crippen LogP contribution in [0.15, 0.2) is 23.1 Å². The summed E-state index contributed by atoms with van der Waals surface area (Å²) in [6, 6.07) is 3.90. The number of carboxylic acid groups (broad SMARTS) is 1. The van der Waals surface area contributed by atoms with Crippen molar-refractivity contribution in [3.05, 3.63) is 33.9 Å². The lowest BCUT2D eigenvalue weighted by Crippen LogP contribution is -2.15. The van der Waals surface area contributed by atoms with Crippen LogP contribution < -0.4 is 0 Å². The van der Waals surface area contributed by atoms with Crippen molar-refractivity contribution < 1.29 is 19.9 Å². The quantitative estimate of drug-likeness (QED) is 0.483. The lowest BCUT2D eigenvalue weighted by Gasteiger charge is -2.14. The Morgan fingerprint density at radius 3 is 2.50 bits per heavy atom. The summed E-state index contributed by atoms with van der Waals surface area (Å²) in [6.45, 7) is 3.42. The number of hydrogen-bond acceptors (Lipinski definition) is 5. The number of carboxylic acids is 1. The molecule has 98 valence electrons. The first-order valence-electron chi connectivity index (χ1n) is 5.19. The Hall–Kier alpha value is -1.60. The minimum Gasteiger partial charge on any atom is -0.477 e. The molecule has 0 aromatic heterocycles. The maximum Gasteiger partial charge on any atom is 0.342 e. The molecule has 0 spiro atoms. The van der Waals surface area contributed by atoms with E-state index in [1.54, 1.807) is 13.8 Å². The number of aliphatic hydroxyl groups excluding tert-OH is 1. The first kappa shape index (κ1) is 14.5. The fourth-order valence-electron chi connectivity index (χ4n) is 1.23. The molecule has 2 N–H and O–H groups in total. The predicted molar refractivity (Wildman–Crippen MR) is 67.1 cm³/mol. The van der Waals surface area contributed by atoms with Crippen LogP contribution in [0, 0.1) is 10.1 Å². The molecular formula is C11H13NO5S. The highest BCUT2D eigenvalue weighted by Crippen LogP contribution is 2.29. The average molecular weight is 271 g/mol. The van der Waals surface area contributed by atoms with Gasteiger partial charge in [-0.05, 0) is 19.1 Å². The topological polar surface area (TPSA) is 101 Å². The molecule has 0 amide bonds. The van der Waals surface area contributed by atoms with Crippen molar-refractivity contribution >= 4 is 23.4 Å². The Labute approximate surface area is 108 Å². The zero-order chi connectivity index (χ0) is 13.9. The van der Waals surface area contributed by atoms with Gasteiger partial charge in [0, 0.05) is 16.2 Å². The molecule has 1 aromatic rings. The first-order chi connectivity index (χ1) is 8.32. The number of rotatable bonds is 5. The van der Waals surface area contributed by atoms with Crippen molar-refractivity contribution in [1.82, 2.24) is 0 Å². The highest BCUT2D eigenvalue weighted by Gasteiger charge is 2.21. The number of benzene rings is 1. The van der Waals surface area contributed by atoms with Crippen molar-refractivity contribution in [2.24, 2.45) is 0 Å². The number of nitro groups is 1. The number of carbonyl (C=O) groups is 1. The molecule has 0 aliphatic rings. The maximum atomic E-state index is 10.9. The van der Waals surface area contributed by atoms with Crippen LogP contribution in [0.25, 0.3) is 0 Å². The van der Waals surface area contributed by atoms with E-state index in [0.717, 1.165) is 0 Å². The van der Waals surface area contributed by atoms with Crippen molar-refractivity contribution in [2.75, 3.05) is 0 Å². The fraction of sp³-hybridized carbons (Fsp3) is 0.364. The van der Waals surface area contributed by atoms with Crippen LogP contribution in [0.5, 0.6) is 0 Å². The SMILES string of the molecule is CC(O)C(C)Sc1ccc([N+](=O)[O-])c(C(=O)O)c1. The summed E-state index contributed by atoms with van der Waals surface area (Å²) in [5, 5.41) is 28.8. The standard InChI is InChI=1S/C11H13NO5S/c1-6(13)7(2)18-8-3-4-10(12(16)17)9(5-8)11(14)15/h3-7,13H,1-2H3,(H,14,15).